The third-order valence-electron chi connectivity index (χ3n) is 5.58. The summed E-state index contributed by atoms with van der Waals surface area (Å²) in [6.07, 6.45) is 1.52. The van der Waals surface area contributed by atoms with Crippen LogP contribution in [0.1, 0.15) is 28.5 Å². The Hall–Kier alpha value is -4.00. The van der Waals surface area contributed by atoms with Crippen LogP contribution in [0.25, 0.3) is 5.76 Å². The molecule has 0 spiro atoms. The first-order valence-corrected chi connectivity index (χ1v) is 9.81. The van der Waals surface area contributed by atoms with Gasteiger partial charge in [0.05, 0.1) is 24.4 Å². The van der Waals surface area contributed by atoms with Gasteiger partial charge in [0.1, 0.15) is 11.5 Å². The molecule has 7 nitrogen and oxygen atoms in total. The maximum absolute atomic E-state index is 13.1. The SMILES string of the molecule is Cc1ccccc1C1/C(=C(\O)c2ccc3c(c2)OCO3)C(=O)C(=O)N1Cc1ccco1. The van der Waals surface area contributed by atoms with Crippen LogP contribution in [0, 0.1) is 6.92 Å². The molecule has 0 bridgehead atoms. The monoisotopic (exact) mass is 417 g/mol. The fourth-order valence-corrected chi connectivity index (χ4v) is 4.03. The van der Waals surface area contributed by atoms with Crippen molar-refractivity contribution < 1.29 is 28.6 Å². The van der Waals surface area contributed by atoms with Crippen LogP contribution in [0.3, 0.4) is 0 Å². The summed E-state index contributed by atoms with van der Waals surface area (Å²) in [7, 11) is 0. The minimum atomic E-state index is -0.753. The van der Waals surface area contributed by atoms with Gasteiger partial charge in [-0.3, -0.25) is 9.59 Å². The molecule has 0 aliphatic carbocycles. The molecule has 2 aliphatic heterocycles. The fourth-order valence-electron chi connectivity index (χ4n) is 4.03. The third kappa shape index (κ3) is 3.15. The van der Waals surface area contributed by atoms with E-state index in [1.165, 1.54) is 11.2 Å². The van der Waals surface area contributed by atoms with Crippen LogP contribution < -0.4 is 9.47 Å². The summed E-state index contributed by atoms with van der Waals surface area (Å²) < 4.78 is 16.1. The molecule has 3 aromatic rings. The fraction of sp³-hybridized carbons (Fsp3) is 0.167. The Kier molecular flexibility index (Phi) is 4.51. The van der Waals surface area contributed by atoms with Crippen molar-refractivity contribution in [3.05, 3.63) is 88.9 Å². The van der Waals surface area contributed by atoms with E-state index in [2.05, 4.69) is 0 Å². The second-order valence-corrected chi connectivity index (χ2v) is 7.43. The summed E-state index contributed by atoms with van der Waals surface area (Å²) in [6, 6.07) is 15.1. The molecule has 0 radical (unpaired) electrons. The van der Waals surface area contributed by atoms with E-state index < -0.39 is 17.7 Å². The van der Waals surface area contributed by atoms with Crippen LogP contribution in [0.5, 0.6) is 11.5 Å². The number of amides is 1. The number of likely N-dealkylation sites (tertiary alicyclic amines) is 1. The summed E-state index contributed by atoms with van der Waals surface area (Å²) in [6.45, 7) is 2.10. The van der Waals surface area contributed by atoms with Crippen LogP contribution in [-0.2, 0) is 16.1 Å². The number of aliphatic hydroxyl groups excluding tert-OH is 1. The van der Waals surface area contributed by atoms with E-state index in [1.54, 1.807) is 30.3 Å². The highest BCUT2D eigenvalue weighted by Crippen LogP contribution is 2.42. The van der Waals surface area contributed by atoms with Gasteiger partial charge in [0, 0.05) is 5.56 Å². The molecule has 31 heavy (non-hydrogen) atoms. The molecule has 3 heterocycles. The Morgan fingerprint density at radius 3 is 2.65 bits per heavy atom. The highest BCUT2D eigenvalue weighted by atomic mass is 16.7. The number of rotatable bonds is 4. The number of aliphatic hydroxyl groups is 1. The lowest BCUT2D eigenvalue weighted by Gasteiger charge is -2.25. The van der Waals surface area contributed by atoms with Crippen molar-refractivity contribution in [3.63, 3.8) is 0 Å². The molecule has 5 rings (SSSR count). The molecule has 2 aromatic carbocycles. The molecule has 1 aromatic heterocycles. The van der Waals surface area contributed by atoms with Gasteiger partial charge >= 0.3 is 0 Å². The van der Waals surface area contributed by atoms with Crippen LogP contribution in [0.4, 0.5) is 0 Å². The van der Waals surface area contributed by atoms with Gasteiger partial charge < -0.3 is 23.9 Å². The van der Waals surface area contributed by atoms with E-state index in [0.29, 0.717) is 22.8 Å². The number of aryl methyl sites for hydroxylation is 1. The Morgan fingerprint density at radius 2 is 1.87 bits per heavy atom. The van der Waals surface area contributed by atoms with Crippen LogP contribution in [0.2, 0.25) is 0 Å². The zero-order chi connectivity index (χ0) is 21.5. The number of Topliss-reactive ketones (excluding diaryl/α,β-unsaturated/α-hetero) is 1. The van der Waals surface area contributed by atoms with Gasteiger partial charge in [-0.25, -0.2) is 0 Å². The van der Waals surface area contributed by atoms with E-state index >= 15 is 0 Å². The van der Waals surface area contributed by atoms with Crippen molar-refractivity contribution in [2.75, 3.05) is 6.79 Å². The van der Waals surface area contributed by atoms with E-state index in [1.807, 2.05) is 31.2 Å². The number of carbonyl (C=O) groups is 2. The molecular weight excluding hydrogens is 398 g/mol. The molecule has 1 unspecified atom stereocenters. The molecule has 0 saturated carbocycles. The van der Waals surface area contributed by atoms with Crippen molar-refractivity contribution >= 4 is 17.4 Å². The molecule has 156 valence electrons. The number of carbonyl (C=O) groups excluding carboxylic acids is 2. The lowest BCUT2D eigenvalue weighted by Crippen LogP contribution is -2.29. The Labute approximate surface area is 178 Å². The molecule has 7 heteroatoms. The van der Waals surface area contributed by atoms with Gasteiger partial charge in [0.25, 0.3) is 11.7 Å². The zero-order valence-electron chi connectivity index (χ0n) is 16.7. The largest absolute Gasteiger partial charge is 0.507 e. The van der Waals surface area contributed by atoms with Crippen molar-refractivity contribution in [2.45, 2.75) is 19.5 Å². The number of benzene rings is 2. The predicted molar refractivity (Wildman–Crippen MR) is 110 cm³/mol. The highest BCUT2D eigenvalue weighted by Gasteiger charge is 2.46. The lowest BCUT2D eigenvalue weighted by molar-refractivity contribution is -0.140. The normalized spacial score (nSPS) is 19.3. The second kappa shape index (κ2) is 7.36. The molecule has 1 fully saturated rings. The zero-order valence-corrected chi connectivity index (χ0v) is 16.7. The lowest BCUT2D eigenvalue weighted by atomic mass is 9.92. The minimum absolute atomic E-state index is 0.0321. The number of ether oxygens (including phenoxy) is 2. The number of furan rings is 1. The molecule has 1 saturated heterocycles. The van der Waals surface area contributed by atoms with E-state index in [-0.39, 0.29) is 24.7 Å². The average Bonchev–Trinajstić information content (AvgIpc) is 3.50. The number of fused-ring (bicyclic) bond motifs is 1. The quantitative estimate of drug-likeness (QED) is 0.393. The summed E-state index contributed by atoms with van der Waals surface area (Å²) in [5.41, 5.74) is 2.06. The molecular formula is C24H19NO6. The van der Waals surface area contributed by atoms with Gasteiger partial charge in [-0.2, -0.15) is 0 Å². The van der Waals surface area contributed by atoms with Gasteiger partial charge in [0.15, 0.2) is 11.5 Å². The highest BCUT2D eigenvalue weighted by molar-refractivity contribution is 6.46. The summed E-state index contributed by atoms with van der Waals surface area (Å²) in [5, 5.41) is 11.2. The van der Waals surface area contributed by atoms with Crippen LogP contribution in [-0.4, -0.2) is 28.5 Å². The van der Waals surface area contributed by atoms with E-state index in [9.17, 15) is 14.7 Å². The van der Waals surface area contributed by atoms with Gasteiger partial charge in [-0.1, -0.05) is 24.3 Å². The first-order valence-electron chi connectivity index (χ1n) is 9.81. The Morgan fingerprint density at radius 1 is 1.06 bits per heavy atom. The van der Waals surface area contributed by atoms with Crippen LogP contribution >= 0.6 is 0 Å². The number of nitrogens with zero attached hydrogens (tertiary/aromatic N) is 1. The molecule has 1 atom stereocenters. The first-order chi connectivity index (χ1) is 15.0. The number of hydrogen-bond acceptors (Lipinski definition) is 6. The number of hydrogen-bond donors (Lipinski definition) is 1. The van der Waals surface area contributed by atoms with Gasteiger partial charge in [-0.15, -0.1) is 0 Å². The molecule has 2 aliphatic rings. The minimum Gasteiger partial charge on any atom is -0.507 e. The van der Waals surface area contributed by atoms with Gasteiger partial charge in [-0.05, 0) is 48.4 Å². The topological polar surface area (TPSA) is 89.2 Å². The smallest absolute Gasteiger partial charge is 0.296 e. The first kappa shape index (κ1) is 19.0. The Balaban J connectivity index is 1.66. The van der Waals surface area contributed by atoms with E-state index in [0.717, 1.165) is 11.1 Å². The predicted octanol–water partition coefficient (Wildman–Crippen LogP) is 3.94. The summed E-state index contributed by atoms with van der Waals surface area (Å²) >= 11 is 0. The van der Waals surface area contributed by atoms with Gasteiger partial charge in [0.2, 0.25) is 6.79 Å². The maximum atomic E-state index is 13.1. The Bertz CT molecular complexity index is 1210. The number of ketones is 1. The van der Waals surface area contributed by atoms with Crippen LogP contribution in [0.15, 0.2) is 70.9 Å². The molecule has 1 N–H and O–H groups in total. The van der Waals surface area contributed by atoms with Crippen molar-refractivity contribution in [2.24, 2.45) is 0 Å². The second-order valence-electron chi connectivity index (χ2n) is 7.43. The average molecular weight is 417 g/mol. The van der Waals surface area contributed by atoms with Crippen molar-refractivity contribution in [1.29, 1.82) is 0 Å². The third-order valence-corrected chi connectivity index (χ3v) is 5.58. The van der Waals surface area contributed by atoms with E-state index in [4.69, 9.17) is 13.9 Å². The van der Waals surface area contributed by atoms with Crippen molar-refractivity contribution in [3.8, 4) is 11.5 Å². The summed E-state index contributed by atoms with van der Waals surface area (Å²) in [5.74, 6) is -0.107. The standard InChI is InChI=1S/C24H19NO6/c1-14-5-2-3-7-17(14)21-20(22(26)15-8-9-18-19(11-15)31-13-30-18)23(27)24(28)25(21)12-16-6-4-10-29-16/h2-11,21,26H,12-13H2,1H3/b22-20+. The van der Waals surface area contributed by atoms with Crippen molar-refractivity contribution in [1.82, 2.24) is 4.90 Å². The maximum Gasteiger partial charge on any atom is 0.296 e. The summed E-state index contributed by atoms with van der Waals surface area (Å²) in [4.78, 5) is 27.5. The molecule has 1 amide bonds.